The van der Waals surface area contributed by atoms with E-state index in [0.717, 1.165) is 38.2 Å². The van der Waals surface area contributed by atoms with Gasteiger partial charge in [-0.05, 0) is 25.0 Å². The molecule has 32 heavy (non-hydrogen) atoms. The summed E-state index contributed by atoms with van der Waals surface area (Å²) in [4.78, 5) is 22.8. The van der Waals surface area contributed by atoms with Gasteiger partial charge in [0.25, 0.3) is 11.6 Å². The Morgan fingerprint density at radius 2 is 1.84 bits per heavy atom. The average Bonchev–Trinajstić information content (AvgIpc) is 3.24. The number of amides is 1. The molecule has 1 aliphatic rings. The van der Waals surface area contributed by atoms with Crippen LogP contribution in [0.2, 0.25) is 0 Å². The fraction of sp³-hybridized carbons (Fsp3) is 0.273. The first-order valence-electron chi connectivity index (χ1n) is 10.2. The number of hydrogen-bond acceptors (Lipinski definition) is 8. The molecule has 1 aromatic heterocycles. The van der Waals surface area contributed by atoms with Crippen molar-refractivity contribution in [2.75, 3.05) is 0 Å². The summed E-state index contributed by atoms with van der Waals surface area (Å²) in [6.45, 7) is 0. The maximum atomic E-state index is 12.5. The molecule has 10 heteroatoms. The summed E-state index contributed by atoms with van der Waals surface area (Å²) in [5, 5.41) is 37.9. The van der Waals surface area contributed by atoms with E-state index in [1.54, 1.807) is 0 Å². The van der Waals surface area contributed by atoms with Crippen molar-refractivity contribution in [1.29, 1.82) is 0 Å². The van der Waals surface area contributed by atoms with Crippen LogP contribution in [0.1, 0.15) is 42.6 Å². The van der Waals surface area contributed by atoms with Gasteiger partial charge >= 0.3 is 0 Å². The van der Waals surface area contributed by atoms with Crippen molar-refractivity contribution in [3.8, 4) is 34.3 Å². The number of nitrogens with zero attached hydrogens (tertiary/aromatic N) is 2. The van der Waals surface area contributed by atoms with Crippen LogP contribution in [0.5, 0.6) is 23.0 Å². The van der Waals surface area contributed by atoms with Crippen molar-refractivity contribution in [3.63, 3.8) is 0 Å². The van der Waals surface area contributed by atoms with Crippen LogP contribution in [0.4, 0.5) is 5.69 Å². The van der Waals surface area contributed by atoms with Gasteiger partial charge in [0.2, 0.25) is 0 Å². The van der Waals surface area contributed by atoms with Gasteiger partial charge in [0, 0.05) is 36.4 Å². The zero-order valence-corrected chi connectivity index (χ0v) is 17.0. The SMILES string of the molecule is O=C(NC1CCCCC1)c1cc(-c2c(O)cc(O)cc2Oc2ccc([N+](=O)[O-])cc2)on1. The Hall–Kier alpha value is -4.08. The van der Waals surface area contributed by atoms with E-state index in [2.05, 4.69) is 10.5 Å². The predicted molar refractivity (Wildman–Crippen MR) is 113 cm³/mol. The number of rotatable bonds is 6. The monoisotopic (exact) mass is 439 g/mol. The molecule has 0 atom stereocenters. The maximum absolute atomic E-state index is 12.5. The Morgan fingerprint density at radius 3 is 2.53 bits per heavy atom. The van der Waals surface area contributed by atoms with E-state index >= 15 is 0 Å². The third-order valence-corrected chi connectivity index (χ3v) is 5.27. The Morgan fingerprint density at radius 1 is 1.12 bits per heavy atom. The molecule has 1 fully saturated rings. The lowest BCUT2D eigenvalue weighted by molar-refractivity contribution is -0.384. The molecule has 1 amide bonds. The molecular formula is C22H21N3O7. The molecule has 0 bridgehead atoms. The molecule has 0 unspecified atom stereocenters. The van der Waals surface area contributed by atoms with E-state index in [0.29, 0.717) is 0 Å². The number of non-ortho nitro benzene ring substituents is 1. The van der Waals surface area contributed by atoms with Gasteiger partial charge in [-0.15, -0.1) is 0 Å². The highest BCUT2D eigenvalue weighted by Gasteiger charge is 2.23. The summed E-state index contributed by atoms with van der Waals surface area (Å²) >= 11 is 0. The Kier molecular flexibility index (Phi) is 5.93. The fourth-order valence-corrected chi connectivity index (χ4v) is 3.68. The number of nitro benzene ring substituents is 1. The lowest BCUT2D eigenvalue weighted by Crippen LogP contribution is -2.36. The van der Waals surface area contributed by atoms with Crippen molar-refractivity contribution in [2.24, 2.45) is 0 Å². The summed E-state index contributed by atoms with van der Waals surface area (Å²) in [5.41, 5.74) is 0.0184. The van der Waals surface area contributed by atoms with Crippen molar-refractivity contribution >= 4 is 11.6 Å². The fourth-order valence-electron chi connectivity index (χ4n) is 3.68. The molecule has 10 nitrogen and oxygen atoms in total. The molecule has 3 N–H and O–H groups in total. The van der Waals surface area contributed by atoms with Crippen molar-refractivity contribution < 1.29 is 29.2 Å². The Bertz CT molecular complexity index is 1130. The lowest BCUT2D eigenvalue weighted by atomic mass is 9.95. The van der Waals surface area contributed by atoms with Gasteiger partial charge in [0.15, 0.2) is 11.5 Å². The number of benzene rings is 2. The minimum absolute atomic E-state index is 0.0201. The van der Waals surface area contributed by atoms with Gasteiger partial charge in [0.05, 0.1) is 4.92 Å². The molecule has 1 heterocycles. The van der Waals surface area contributed by atoms with Gasteiger partial charge < -0.3 is 24.8 Å². The highest BCUT2D eigenvalue weighted by atomic mass is 16.6. The van der Waals surface area contributed by atoms with Crippen LogP contribution in [-0.2, 0) is 0 Å². The largest absolute Gasteiger partial charge is 0.508 e. The van der Waals surface area contributed by atoms with Crippen LogP contribution in [0.3, 0.4) is 0 Å². The first-order chi connectivity index (χ1) is 15.4. The molecule has 4 rings (SSSR count). The molecule has 0 spiro atoms. The number of phenolic OH excluding ortho intramolecular Hbond substituents is 2. The number of carbonyl (C=O) groups is 1. The van der Waals surface area contributed by atoms with Gasteiger partial charge in [-0.2, -0.15) is 0 Å². The zero-order valence-electron chi connectivity index (χ0n) is 17.0. The van der Waals surface area contributed by atoms with Gasteiger partial charge in [-0.1, -0.05) is 24.4 Å². The van der Waals surface area contributed by atoms with Gasteiger partial charge in [0.1, 0.15) is 28.6 Å². The second-order valence-electron chi connectivity index (χ2n) is 7.58. The molecule has 0 aliphatic heterocycles. The van der Waals surface area contributed by atoms with Crippen LogP contribution in [0.15, 0.2) is 47.0 Å². The predicted octanol–water partition coefficient (Wildman–Crippen LogP) is 4.52. The Labute approximate surface area is 182 Å². The number of hydrogen-bond donors (Lipinski definition) is 3. The van der Waals surface area contributed by atoms with Crippen molar-refractivity contribution in [2.45, 2.75) is 38.1 Å². The number of aromatic hydroxyl groups is 2. The Balaban J connectivity index is 1.59. The summed E-state index contributed by atoms with van der Waals surface area (Å²) in [5.74, 6) is -0.671. The van der Waals surface area contributed by atoms with Crippen LogP contribution in [-0.4, -0.2) is 32.2 Å². The minimum atomic E-state index is -0.538. The first kappa shape index (κ1) is 21.2. The molecular weight excluding hydrogens is 418 g/mol. The maximum Gasteiger partial charge on any atom is 0.273 e. The average molecular weight is 439 g/mol. The van der Waals surface area contributed by atoms with E-state index in [1.165, 1.54) is 36.4 Å². The second-order valence-corrected chi connectivity index (χ2v) is 7.58. The second kappa shape index (κ2) is 8.96. The highest BCUT2D eigenvalue weighted by Crippen LogP contribution is 2.43. The minimum Gasteiger partial charge on any atom is -0.508 e. The molecule has 0 radical (unpaired) electrons. The first-order valence-corrected chi connectivity index (χ1v) is 10.2. The zero-order chi connectivity index (χ0) is 22.7. The van der Waals surface area contributed by atoms with E-state index in [4.69, 9.17) is 9.26 Å². The normalized spacial score (nSPS) is 14.1. The number of carbonyl (C=O) groups excluding carboxylic acids is 1. The standard InChI is InChI=1S/C22H21N3O7/c26-15-10-18(27)21(19(11-15)31-16-8-6-14(7-9-16)25(29)30)20-12-17(24-32-20)22(28)23-13-4-2-1-3-5-13/h6-13,26-27H,1-5H2,(H,23,28). The molecule has 166 valence electrons. The number of phenols is 2. The third-order valence-electron chi connectivity index (χ3n) is 5.27. The van der Waals surface area contributed by atoms with Crippen LogP contribution in [0.25, 0.3) is 11.3 Å². The van der Waals surface area contributed by atoms with Gasteiger partial charge in [-0.3, -0.25) is 14.9 Å². The van der Waals surface area contributed by atoms with Crippen molar-refractivity contribution in [1.82, 2.24) is 10.5 Å². The highest BCUT2D eigenvalue weighted by molar-refractivity contribution is 5.93. The van der Waals surface area contributed by atoms with Crippen LogP contribution in [0, 0.1) is 10.1 Å². The summed E-state index contributed by atoms with van der Waals surface area (Å²) in [6, 6.07) is 9.12. The van der Waals surface area contributed by atoms with E-state index in [-0.39, 0.29) is 57.7 Å². The van der Waals surface area contributed by atoms with Gasteiger partial charge in [-0.25, -0.2) is 0 Å². The molecule has 0 saturated heterocycles. The van der Waals surface area contributed by atoms with E-state index in [1.807, 2.05) is 0 Å². The summed E-state index contributed by atoms with van der Waals surface area (Å²) < 4.78 is 11.0. The number of nitrogens with one attached hydrogen (secondary N) is 1. The lowest BCUT2D eigenvalue weighted by Gasteiger charge is -2.22. The molecule has 2 aromatic carbocycles. The smallest absolute Gasteiger partial charge is 0.273 e. The molecule has 1 saturated carbocycles. The summed E-state index contributed by atoms with van der Waals surface area (Å²) in [6.07, 6.45) is 5.14. The number of aromatic nitrogens is 1. The quantitative estimate of drug-likeness (QED) is 0.375. The summed E-state index contributed by atoms with van der Waals surface area (Å²) in [7, 11) is 0. The topological polar surface area (TPSA) is 148 Å². The third kappa shape index (κ3) is 4.64. The number of nitro groups is 1. The van der Waals surface area contributed by atoms with Crippen LogP contribution < -0.4 is 10.1 Å². The van der Waals surface area contributed by atoms with E-state index < -0.39 is 4.92 Å². The molecule has 3 aromatic rings. The van der Waals surface area contributed by atoms with E-state index in [9.17, 15) is 25.1 Å². The van der Waals surface area contributed by atoms with Crippen LogP contribution >= 0.6 is 0 Å². The van der Waals surface area contributed by atoms with Crippen molar-refractivity contribution in [3.05, 3.63) is 58.3 Å². The molecule has 1 aliphatic carbocycles. The number of ether oxygens (including phenoxy) is 1.